The molecule has 1 aromatic rings. The summed E-state index contributed by atoms with van der Waals surface area (Å²) < 4.78 is 26.3. The van der Waals surface area contributed by atoms with Gasteiger partial charge in [-0.15, -0.1) is 0 Å². The molecule has 0 N–H and O–H groups in total. The fourth-order valence-electron chi connectivity index (χ4n) is 2.15. The van der Waals surface area contributed by atoms with Crippen molar-refractivity contribution in [2.24, 2.45) is 0 Å². The van der Waals surface area contributed by atoms with Gasteiger partial charge in [-0.3, -0.25) is 4.79 Å². The average molecular weight is 268 g/mol. The van der Waals surface area contributed by atoms with Gasteiger partial charge in [0.1, 0.15) is 0 Å². The van der Waals surface area contributed by atoms with Crippen molar-refractivity contribution >= 4 is 16.4 Å². The van der Waals surface area contributed by atoms with Crippen molar-refractivity contribution in [2.45, 2.75) is 17.9 Å². The minimum Gasteiger partial charge on any atom is -0.342 e. The van der Waals surface area contributed by atoms with Crippen LogP contribution in [0.15, 0.2) is 35.2 Å². The van der Waals surface area contributed by atoms with Gasteiger partial charge in [-0.25, -0.2) is 8.42 Å². The van der Waals surface area contributed by atoms with Crippen molar-refractivity contribution in [1.29, 1.82) is 0 Å². The summed E-state index contributed by atoms with van der Waals surface area (Å²) >= 11 is 0. The zero-order valence-corrected chi connectivity index (χ0v) is 11.0. The second-order valence-electron chi connectivity index (χ2n) is 4.38. The van der Waals surface area contributed by atoms with E-state index in [0.717, 1.165) is 6.41 Å². The molecular weight excluding hydrogens is 252 g/mol. The van der Waals surface area contributed by atoms with Crippen LogP contribution in [-0.4, -0.2) is 49.7 Å². The fourth-order valence-corrected chi connectivity index (χ4v) is 3.78. The Hall–Kier alpha value is -1.40. The van der Waals surface area contributed by atoms with Gasteiger partial charge >= 0.3 is 0 Å². The third-order valence-corrected chi connectivity index (χ3v) is 5.12. The molecule has 0 aliphatic carbocycles. The van der Waals surface area contributed by atoms with Crippen LogP contribution in [0.1, 0.15) is 6.92 Å². The van der Waals surface area contributed by atoms with E-state index in [-0.39, 0.29) is 6.04 Å². The largest absolute Gasteiger partial charge is 0.342 e. The van der Waals surface area contributed by atoms with Crippen molar-refractivity contribution in [2.75, 3.05) is 19.6 Å². The van der Waals surface area contributed by atoms with Crippen LogP contribution in [-0.2, 0) is 14.8 Å². The second-order valence-corrected chi connectivity index (χ2v) is 6.27. The molecule has 1 saturated heterocycles. The molecule has 2 rings (SSSR count). The summed E-state index contributed by atoms with van der Waals surface area (Å²) in [4.78, 5) is 12.6. The van der Waals surface area contributed by atoms with Gasteiger partial charge in [-0.2, -0.15) is 4.31 Å². The summed E-state index contributed by atoms with van der Waals surface area (Å²) in [7, 11) is -3.45. The maximum atomic E-state index is 12.4. The van der Waals surface area contributed by atoms with Gasteiger partial charge in [0.15, 0.2) is 0 Å². The van der Waals surface area contributed by atoms with E-state index in [1.807, 2.05) is 6.92 Å². The van der Waals surface area contributed by atoms with Crippen molar-refractivity contribution in [3.05, 3.63) is 30.3 Å². The topological polar surface area (TPSA) is 57.7 Å². The first-order valence-electron chi connectivity index (χ1n) is 5.82. The van der Waals surface area contributed by atoms with E-state index in [9.17, 15) is 13.2 Å². The molecule has 1 aliphatic heterocycles. The first-order chi connectivity index (χ1) is 8.55. The molecule has 1 aromatic carbocycles. The smallest absolute Gasteiger partial charge is 0.243 e. The lowest BCUT2D eigenvalue weighted by atomic mass is 10.2. The Morgan fingerprint density at radius 3 is 2.44 bits per heavy atom. The summed E-state index contributed by atoms with van der Waals surface area (Å²) in [6.07, 6.45) is 0.767. The van der Waals surface area contributed by atoms with Gasteiger partial charge in [0, 0.05) is 25.7 Å². The van der Waals surface area contributed by atoms with Gasteiger partial charge in [0.05, 0.1) is 4.90 Å². The van der Waals surface area contributed by atoms with E-state index in [2.05, 4.69) is 0 Å². The summed E-state index contributed by atoms with van der Waals surface area (Å²) in [5.74, 6) is 0. The van der Waals surface area contributed by atoms with Gasteiger partial charge in [-0.1, -0.05) is 18.2 Å². The highest BCUT2D eigenvalue weighted by Gasteiger charge is 2.33. The van der Waals surface area contributed by atoms with Crippen LogP contribution in [0.4, 0.5) is 0 Å². The van der Waals surface area contributed by atoms with Crippen LogP contribution in [0.2, 0.25) is 0 Å². The number of nitrogens with zero attached hydrogens (tertiary/aromatic N) is 2. The zero-order valence-electron chi connectivity index (χ0n) is 10.2. The van der Waals surface area contributed by atoms with Crippen molar-refractivity contribution < 1.29 is 13.2 Å². The summed E-state index contributed by atoms with van der Waals surface area (Å²) in [5.41, 5.74) is 0. The normalized spacial score (nSPS) is 21.8. The van der Waals surface area contributed by atoms with Crippen LogP contribution < -0.4 is 0 Å². The number of carbonyl (C=O) groups is 1. The first kappa shape index (κ1) is 13.0. The van der Waals surface area contributed by atoms with E-state index in [4.69, 9.17) is 0 Å². The number of sulfonamides is 1. The number of piperazine rings is 1. The minimum atomic E-state index is -3.45. The highest BCUT2D eigenvalue weighted by atomic mass is 32.2. The van der Waals surface area contributed by atoms with Gasteiger partial charge in [0.25, 0.3) is 0 Å². The predicted octanol–water partition coefficient (Wildman–Crippen LogP) is 0.538. The summed E-state index contributed by atoms with van der Waals surface area (Å²) in [5, 5.41) is 0. The van der Waals surface area contributed by atoms with Gasteiger partial charge < -0.3 is 4.90 Å². The highest BCUT2D eigenvalue weighted by molar-refractivity contribution is 7.89. The van der Waals surface area contributed by atoms with Gasteiger partial charge in [0.2, 0.25) is 16.4 Å². The molecule has 1 amide bonds. The molecule has 0 saturated carbocycles. The molecular formula is C12H16N2O3S. The van der Waals surface area contributed by atoms with Crippen LogP contribution in [0.5, 0.6) is 0 Å². The van der Waals surface area contributed by atoms with Crippen LogP contribution in [0.3, 0.4) is 0 Å². The van der Waals surface area contributed by atoms with Crippen molar-refractivity contribution in [3.63, 3.8) is 0 Å². The molecule has 0 spiro atoms. The number of hydrogen-bond acceptors (Lipinski definition) is 3. The Bertz CT molecular complexity index is 515. The van der Waals surface area contributed by atoms with E-state index >= 15 is 0 Å². The molecule has 0 radical (unpaired) electrons. The Kier molecular flexibility index (Phi) is 3.68. The lowest BCUT2D eigenvalue weighted by molar-refractivity contribution is -0.119. The molecule has 0 bridgehead atoms. The number of hydrogen-bond donors (Lipinski definition) is 0. The molecule has 0 aromatic heterocycles. The molecule has 1 unspecified atom stereocenters. The Morgan fingerprint density at radius 2 is 1.89 bits per heavy atom. The molecule has 5 nitrogen and oxygen atoms in total. The molecule has 1 aliphatic rings. The first-order valence-corrected chi connectivity index (χ1v) is 7.26. The average Bonchev–Trinajstić information content (AvgIpc) is 2.39. The monoisotopic (exact) mass is 268 g/mol. The summed E-state index contributed by atoms with van der Waals surface area (Å²) in [6, 6.07) is 8.18. The molecule has 1 atom stereocenters. The van der Waals surface area contributed by atoms with Crippen molar-refractivity contribution in [1.82, 2.24) is 9.21 Å². The molecule has 1 fully saturated rings. The number of rotatable bonds is 3. The van der Waals surface area contributed by atoms with E-state index < -0.39 is 10.0 Å². The fraction of sp³-hybridized carbons (Fsp3) is 0.417. The maximum absolute atomic E-state index is 12.4. The Balaban J connectivity index is 2.24. The zero-order chi connectivity index (χ0) is 13.2. The highest BCUT2D eigenvalue weighted by Crippen LogP contribution is 2.20. The van der Waals surface area contributed by atoms with Crippen LogP contribution >= 0.6 is 0 Å². The lowest BCUT2D eigenvalue weighted by Gasteiger charge is -2.37. The Morgan fingerprint density at radius 1 is 1.22 bits per heavy atom. The number of carbonyl (C=O) groups excluding carboxylic acids is 1. The third kappa shape index (κ3) is 2.39. The Labute approximate surface area is 107 Å². The lowest BCUT2D eigenvalue weighted by Crippen LogP contribution is -2.53. The van der Waals surface area contributed by atoms with E-state index in [1.54, 1.807) is 35.2 Å². The maximum Gasteiger partial charge on any atom is 0.243 e. The number of amides is 1. The molecule has 6 heteroatoms. The molecule has 1 heterocycles. The van der Waals surface area contributed by atoms with Crippen LogP contribution in [0.25, 0.3) is 0 Å². The van der Waals surface area contributed by atoms with Gasteiger partial charge in [-0.05, 0) is 19.1 Å². The predicted molar refractivity (Wildman–Crippen MR) is 67.4 cm³/mol. The second kappa shape index (κ2) is 5.07. The standard InChI is InChI=1S/C12H16N2O3S/c1-11-9-13(10-15)7-8-14(11)18(16,17)12-5-3-2-4-6-12/h2-6,10-11H,7-9H2,1H3. The van der Waals surface area contributed by atoms with E-state index in [1.165, 1.54) is 4.31 Å². The molecule has 98 valence electrons. The summed E-state index contributed by atoms with van der Waals surface area (Å²) in [6.45, 7) is 3.04. The van der Waals surface area contributed by atoms with Crippen molar-refractivity contribution in [3.8, 4) is 0 Å². The SMILES string of the molecule is CC1CN(C=O)CCN1S(=O)(=O)c1ccccc1. The number of benzene rings is 1. The quantitative estimate of drug-likeness (QED) is 0.752. The third-order valence-electron chi connectivity index (χ3n) is 3.10. The molecule has 18 heavy (non-hydrogen) atoms. The van der Waals surface area contributed by atoms with Crippen LogP contribution in [0, 0.1) is 0 Å². The van der Waals surface area contributed by atoms with E-state index in [0.29, 0.717) is 24.5 Å². The minimum absolute atomic E-state index is 0.200.